The molecule has 3 nitrogen and oxygen atoms in total. The van der Waals surface area contributed by atoms with Crippen LogP contribution in [0.4, 0.5) is 0 Å². The minimum Gasteiger partial charge on any atom is -0.496 e. The molecule has 3 rings (SSSR count). The van der Waals surface area contributed by atoms with Crippen molar-refractivity contribution in [1.82, 2.24) is 4.98 Å². The lowest BCUT2D eigenvalue weighted by atomic mass is 10.0. The monoisotopic (exact) mass is 290 g/mol. The van der Waals surface area contributed by atoms with E-state index in [1.54, 1.807) is 25.3 Å². The summed E-state index contributed by atoms with van der Waals surface area (Å²) in [5.74, 6) is 0.465. The first-order valence-electron chi connectivity index (χ1n) is 7.05. The molecule has 0 unspecified atom stereocenters. The SMILES string of the molecule is COc1ccc2[nH]c(C)[c]c2c1C(=O)C=Cc1ccccc1. The molecule has 109 valence electrons. The van der Waals surface area contributed by atoms with Gasteiger partial charge < -0.3 is 9.72 Å². The van der Waals surface area contributed by atoms with E-state index in [0.717, 1.165) is 22.2 Å². The molecule has 0 atom stereocenters. The van der Waals surface area contributed by atoms with Gasteiger partial charge in [0.05, 0.1) is 12.7 Å². The van der Waals surface area contributed by atoms with Gasteiger partial charge in [0.15, 0.2) is 5.78 Å². The van der Waals surface area contributed by atoms with Crippen molar-refractivity contribution in [1.29, 1.82) is 0 Å². The summed E-state index contributed by atoms with van der Waals surface area (Å²) in [5.41, 5.74) is 3.30. The molecule has 2 aromatic carbocycles. The van der Waals surface area contributed by atoms with Crippen LogP contribution in [0.5, 0.6) is 5.75 Å². The summed E-state index contributed by atoms with van der Waals surface area (Å²) in [7, 11) is 1.57. The molecule has 0 aliphatic rings. The van der Waals surface area contributed by atoms with Crippen molar-refractivity contribution in [2.24, 2.45) is 0 Å². The summed E-state index contributed by atoms with van der Waals surface area (Å²) in [6.07, 6.45) is 3.38. The van der Waals surface area contributed by atoms with E-state index in [1.165, 1.54) is 0 Å². The summed E-state index contributed by atoms with van der Waals surface area (Å²) in [6.45, 7) is 1.92. The Bertz CT molecular complexity index is 845. The molecule has 1 aromatic heterocycles. The fraction of sp³-hybridized carbons (Fsp3) is 0.105. The van der Waals surface area contributed by atoms with Gasteiger partial charge in [-0.3, -0.25) is 4.79 Å². The first-order chi connectivity index (χ1) is 10.7. The lowest BCUT2D eigenvalue weighted by Crippen LogP contribution is -1.99. The summed E-state index contributed by atoms with van der Waals surface area (Å²) < 4.78 is 5.35. The highest BCUT2D eigenvalue weighted by Gasteiger charge is 2.15. The molecule has 22 heavy (non-hydrogen) atoms. The van der Waals surface area contributed by atoms with Gasteiger partial charge in [0.25, 0.3) is 0 Å². The average Bonchev–Trinajstić information content (AvgIpc) is 2.92. The highest BCUT2D eigenvalue weighted by atomic mass is 16.5. The lowest BCUT2D eigenvalue weighted by Gasteiger charge is -2.07. The Morgan fingerprint density at radius 1 is 1.18 bits per heavy atom. The Labute approximate surface area is 129 Å². The Morgan fingerprint density at radius 3 is 2.68 bits per heavy atom. The van der Waals surface area contributed by atoms with E-state index in [2.05, 4.69) is 11.1 Å². The van der Waals surface area contributed by atoms with Crippen LogP contribution < -0.4 is 4.74 Å². The number of aromatic amines is 1. The molecular formula is C19H16NO2. The molecule has 0 fully saturated rings. The number of rotatable bonds is 4. The number of aryl methyl sites for hydroxylation is 1. The normalized spacial score (nSPS) is 11.2. The highest BCUT2D eigenvalue weighted by Crippen LogP contribution is 2.29. The molecular weight excluding hydrogens is 274 g/mol. The number of ether oxygens (including phenoxy) is 1. The predicted octanol–water partition coefficient (Wildman–Crippen LogP) is 4.18. The first kappa shape index (κ1) is 14.1. The number of allylic oxidation sites excluding steroid dienone is 1. The third-order valence-corrected chi connectivity index (χ3v) is 3.49. The molecule has 0 bridgehead atoms. The van der Waals surface area contributed by atoms with Gasteiger partial charge >= 0.3 is 0 Å². The van der Waals surface area contributed by atoms with Gasteiger partial charge in [0.1, 0.15) is 5.75 Å². The van der Waals surface area contributed by atoms with E-state index in [0.29, 0.717) is 11.3 Å². The van der Waals surface area contributed by atoms with Crippen molar-refractivity contribution in [3.63, 3.8) is 0 Å². The van der Waals surface area contributed by atoms with Crippen LogP contribution in [0.2, 0.25) is 0 Å². The van der Waals surface area contributed by atoms with E-state index in [-0.39, 0.29) is 5.78 Å². The zero-order valence-electron chi connectivity index (χ0n) is 12.5. The van der Waals surface area contributed by atoms with Crippen molar-refractivity contribution < 1.29 is 9.53 Å². The standard InChI is InChI=1S/C19H16NO2/c1-13-12-15-16(20-13)9-11-18(22-2)19(15)17(21)10-8-14-6-4-3-5-7-14/h3-11,20H,1-2H3. The number of ketones is 1. The van der Waals surface area contributed by atoms with Gasteiger partial charge in [-0.2, -0.15) is 0 Å². The summed E-state index contributed by atoms with van der Waals surface area (Å²) in [4.78, 5) is 15.8. The molecule has 3 aromatic rings. The Hall–Kier alpha value is -2.81. The number of H-pyrrole nitrogens is 1. The molecule has 0 aliphatic carbocycles. The number of carbonyl (C=O) groups excluding carboxylic acids is 1. The zero-order valence-corrected chi connectivity index (χ0v) is 12.5. The maximum absolute atomic E-state index is 12.6. The smallest absolute Gasteiger partial charge is 0.190 e. The van der Waals surface area contributed by atoms with Crippen molar-refractivity contribution in [3.05, 3.63) is 71.4 Å². The fourth-order valence-electron chi connectivity index (χ4n) is 2.47. The molecule has 1 heterocycles. The number of fused-ring (bicyclic) bond motifs is 1. The molecule has 0 aliphatic heterocycles. The maximum atomic E-state index is 12.6. The molecule has 3 heteroatoms. The summed E-state index contributed by atoms with van der Waals surface area (Å²) in [6, 6.07) is 16.6. The Morgan fingerprint density at radius 2 is 1.95 bits per heavy atom. The topological polar surface area (TPSA) is 42.1 Å². The number of hydrogen-bond acceptors (Lipinski definition) is 2. The minimum atomic E-state index is -0.0958. The molecule has 1 N–H and O–H groups in total. The number of aromatic nitrogens is 1. The molecule has 0 spiro atoms. The van der Waals surface area contributed by atoms with E-state index in [9.17, 15) is 4.79 Å². The van der Waals surface area contributed by atoms with E-state index >= 15 is 0 Å². The van der Waals surface area contributed by atoms with Crippen molar-refractivity contribution >= 4 is 22.8 Å². The number of hydrogen-bond donors (Lipinski definition) is 1. The molecule has 0 saturated carbocycles. The van der Waals surface area contributed by atoms with Crippen LogP contribution in [0.25, 0.3) is 17.0 Å². The Balaban J connectivity index is 2.04. The van der Waals surface area contributed by atoms with Crippen molar-refractivity contribution in [2.45, 2.75) is 6.92 Å². The van der Waals surface area contributed by atoms with E-state index in [4.69, 9.17) is 4.74 Å². The number of methoxy groups -OCH3 is 1. The molecule has 1 radical (unpaired) electrons. The van der Waals surface area contributed by atoms with Crippen molar-refractivity contribution in [2.75, 3.05) is 7.11 Å². The van der Waals surface area contributed by atoms with Gasteiger partial charge in [-0.15, -0.1) is 0 Å². The van der Waals surface area contributed by atoms with Crippen LogP contribution in [-0.4, -0.2) is 17.9 Å². The average molecular weight is 290 g/mol. The van der Waals surface area contributed by atoms with Gasteiger partial charge in [-0.1, -0.05) is 36.4 Å². The number of nitrogens with one attached hydrogen (secondary N) is 1. The minimum absolute atomic E-state index is 0.0958. The zero-order chi connectivity index (χ0) is 15.5. The van der Waals surface area contributed by atoms with Crippen LogP contribution in [0.15, 0.2) is 48.5 Å². The van der Waals surface area contributed by atoms with Gasteiger partial charge in [-0.25, -0.2) is 0 Å². The first-order valence-corrected chi connectivity index (χ1v) is 7.05. The van der Waals surface area contributed by atoms with Crippen LogP contribution in [0.3, 0.4) is 0 Å². The van der Waals surface area contributed by atoms with Gasteiger partial charge in [0.2, 0.25) is 0 Å². The van der Waals surface area contributed by atoms with Gasteiger partial charge in [-0.05, 0) is 30.7 Å². The molecule has 0 saturated heterocycles. The van der Waals surface area contributed by atoms with Crippen LogP contribution in [0.1, 0.15) is 21.6 Å². The second-order valence-electron chi connectivity index (χ2n) is 5.05. The third kappa shape index (κ3) is 2.66. The summed E-state index contributed by atoms with van der Waals surface area (Å²) >= 11 is 0. The quantitative estimate of drug-likeness (QED) is 0.578. The largest absolute Gasteiger partial charge is 0.496 e. The van der Waals surface area contributed by atoms with Crippen LogP contribution in [0, 0.1) is 13.0 Å². The number of benzene rings is 2. The predicted molar refractivity (Wildman–Crippen MR) is 88.2 cm³/mol. The van der Waals surface area contributed by atoms with Crippen LogP contribution in [-0.2, 0) is 0 Å². The lowest BCUT2D eigenvalue weighted by molar-refractivity contribution is 0.104. The number of carbonyl (C=O) groups is 1. The van der Waals surface area contributed by atoms with Crippen molar-refractivity contribution in [3.8, 4) is 5.75 Å². The molecule has 0 amide bonds. The second kappa shape index (κ2) is 5.90. The van der Waals surface area contributed by atoms with E-state index < -0.39 is 0 Å². The second-order valence-corrected chi connectivity index (χ2v) is 5.05. The van der Waals surface area contributed by atoms with E-state index in [1.807, 2.05) is 43.3 Å². The van der Waals surface area contributed by atoms with Gasteiger partial charge in [0, 0.05) is 22.7 Å². The van der Waals surface area contributed by atoms with Crippen LogP contribution >= 0.6 is 0 Å². The maximum Gasteiger partial charge on any atom is 0.190 e. The Kier molecular flexibility index (Phi) is 3.79. The highest BCUT2D eigenvalue weighted by molar-refractivity contribution is 6.16. The fourth-order valence-corrected chi connectivity index (χ4v) is 2.47. The summed E-state index contributed by atoms with van der Waals surface area (Å²) in [5, 5.41) is 0.763. The third-order valence-electron chi connectivity index (χ3n) is 3.49.